The summed E-state index contributed by atoms with van der Waals surface area (Å²) in [6.45, 7) is -0.0842. The number of hydrogen-bond donors (Lipinski definition) is 0. The van der Waals surface area contributed by atoms with Gasteiger partial charge in [0.2, 0.25) is 0 Å². The van der Waals surface area contributed by atoms with E-state index in [-0.39, 0.29) is 18.6 Å². The van der Waals surface area contributed by atoms with Crippen LogP contribution in [0.15, 0.2) is 76.4 Å². The average molecular weight is 379 g/mol. The summed E-state index contributed by atoms with van der Waals surface area (Å²) in [5.74, 6) is -0.851. The van der Waals surface area contributed by atoms with E-state index in [0.29, 0.717) is 16.6 Å². The van der Waals surface area contributed by atoms with Crippen molar-refractivity contribution in [3.05, 3.63) is 110 Å². The summed E-state index contributed by atoms with van der Waals surface area (Å²) in [6.07, 6.45) is 1.46. The van der Waals surface area contributed by atoms with E-state index in [4.69, 9.17) is 0 Å². The third-order valence-electron chi connectivity index (χ3n) is 4.53. The van der Waals surface area contributed by atoms with Crippen LogP contribution in [-0.2, 0) is 13.1 Å². The molecular formula is C21H15F2N3O2. The molecule has 0 unspecified atom stereocenters. The second kappa shape index (κ2) is 7.19. The molecule has 0 amide bonds. The van der Waals surface area contributed by atoms with Gasteiger partial charge in [-0.1, -0.05) is 30.3 Å². The Balaban J connectivity index is 1.91. The van der Waals surface area contributed by atoms with Crippen LogP contribution in [0.25, 0.3) is 11.0 Å². The smallest absolute Gasteiger partial charge is 0.287 e. The highest BCUT2D eigenvalue weighted by Crippen LogP contribution is 2.12. The number of nitrogens with zero attached hydrogens (tertiary/aromatic N) is 3. The molecule has 2 heterocycles. The molecule has 0 radical (unpaired) electrons. The van der Waals surface area contributed by atoms with Crippen LogP contribution in [0, 0.1) is 11.6 Å². The Kier molecular flexibility index (Phi) is 4.57. The summed E-state index contributed by atoms with van der Waals surface area (Å²) in [4.78, 5) is 30.0. The van der Waals surface area contributed by atoms with Crippen molar-refractivity contribution in [2.24, 2.45) is 0 Å². The van der Waals surface area contributed by atoms with Gasteiger partial charge in [-0.2, -0.15) is 0 Å². The van der Waals surface area contributed by atoms with Crippen molar-refractivity contribution in [3.63, 3.8) is 0 Å². The molecule has 140 valence electrons. The van der Waals surface area contributed by atoms with Gasteiger partial charge in [-0.3, -0.25) is 13.9 Å². The second-order valence-corrected chi connectivity index (χ2v) is 6.35. The summed E-state index contributed by atoms with van der Waals surface area (Å²) in [5, 5.41) is 0. The third kappa shape index (κ3) is 3.22. The van der Waals surface area contributed by atoms with Crippen molar-refractivity contribution in [1.82, 2.24) is 14.1 Å². The lowest BCUT2D eigenvalue weighted by atomic mass is 10.2. The largest absolute Gasteiger partial charge is 0.332 e. The highest BCUT2D eigenvalue weighted by Gasteiger charge is 2.15. The predicted octanol–water partition coefficient (Wildman–Crippen LogP) is 2.93. The molecule has 7 heteroatoms. The maximum Gasteiger partial charge on any atom is 0.332 e. The number of benzene rings is 2. The van der Waals surface area contributed by atoms with Crippen molar-refractivity contribution in [1.29, 1.82) is 0 Å². The van der Waals surface area contributed by atoms with Gasteiger partial charge < -0.3 is 0 Å². The van der Waals surface area contributed by atoms with Crippen LogP contribution in [-0.4, -0.2) is 14.1 Å². The maximum atomic E-state index is 14.1. The first-order valence-corrected chi connectivity index (χ1v) is 8.61. The van der Waals surface area contributed by atoms with Crippen molar-refractivity contribution >= 4 is 11.0 Å². The van der Waals surface area contributed by atoms with Gasteiger partial charge in [-0.05, 0) is 35.9 Å². The molecule has 0 aliphatic heterocycles. The summed E-state index contributed by atoms with van der Waals surface area (Å²) in [5.41, 5.74) is 0.222. The highest BCUT2D eigenvalue weighted by molar-refractivity contribution is 5.73. The molecule has 2 aromatic heterocycles. The topological polar surface area (TPSA) is 56.9 Å². The van der Waals surface area contributed by atoms with E-state index < -0.39 is 22.9 Å². The molecular weight excluding hydrogens is 364 g/mol. The van der Waals surface area contributed by atoms with Gasteiger partial charge in [0.05, 0.1) is 18.6 Å². The van der Waals surface area contributed by atoms with Crippen LogP contribution in [0.3, 0.4) is 0 Å². The first kappa shape index (κ1) is 17.8. The van der Waals surface area contributed by atoms with E-state index in [9.17, 15) is 18.4 Å². The van der Waals surface area contributed by atoms with Crippen LogP contribution >= 0.6 is 0 Å². The normalized spacial score (nSPS) is 11.1. The van der Waals surface area contributed by atoms with Gasteiger partial charge in [0, 0.05) is 11.8 Å². The minimum absolute atomic E-state index is 0.0399. The number of aromatic nitrogens is 3. The van der Waals surface area contributed by atoms with Gasteiger partial charge >= 0.3 is 5.69 Å². The molecule has 0 saturated heterocycles. The molecule has 0 saturated carbocycles. The molecule has 0 aliphatic rings. The number of hydrogen-bond acceptors (Lipinski definition) is 3. The Morgan fingerprint density at radius 1 is 0.821 bits per heavy atom. The molecule has 2 aromatic carbocycles. The fourth-order valence-corrected chi connectivity index (χ4v) is 3.10. The Labute approximate surface area is 158 Å². The van der Waals surface area contributed by atoms with Crippen LogP contribution in [0.1, 0.15) is 11.1 Å². The zero-order valence-electron chi connectivity index (χ0n) is 14.7. The molecule has 0 N–H and O–H groups in total. The maximum absolute atomic E-state index is 14.1. The van der Waals surface area contributed by atoms with Gasteiger partial charge in [0.25, 0.3) is 5.56 Å². The molecule has 28 heavy (non-hydrogen) atoms. The van der Waals surface area contributed by atoms with Gasteiger partial charge in [-0.25, -0.2) is 18.6 Å². The van der Waals surface area contributed by atoms with Crippen LogP contribution in [0.5, 0.6) is 0 Å². The predicted molar refractivity (Wildman–Crippen MR) is 101 cm³/mol. The molecule has 0 bridgehead atoms. The van der Waals surface area contributed by atoms with Crippen LogP contribution < -0.4 is 11.2 Å². The van der Waals surface area contributed by atoms with Gasteiger partial charge in [-0.15, -0.1) is 0 Å². The van der Waals surface area contributed by atoms with E-state index in [1.54, 1.807) is 30.3 Å². The minimum atomic E-state index is -0.585. The van der Waals surface area contributed by atoms with Gasteiger partial charge in [0.15, 0.2) is 5.52 Å². The van der Waals surface area contributed by atoms with Crippen molar-refractivity contribution < 1.29 is 8.78 Å². The molecule has 4 aromatic rings. The number of halogens is 2. The minimum Gasteiger partial charge on any atom is -0.287 e. The Morgan fingerprint density at radius 2 is 1.57 bits per heavy atom. The lowest BCUT2D eigenvalue weighted by Crippen LogP contribution is -2.41. The average Bonchev–Trinajstić information content (AvgIpc) is 2.71. The van der Waals surface area contributed by atoms with E-state index in [2.05, 4.69) is 4.98 Å². The SMILES string of the molecule is O=c1c2ncccc2n(Cc2ccccc2F)c(=O)n1Cc1ccc(F)cc1. The van der Waals surface area contributed by atoms with E-state index in [1.165, 1.54) is 41.1 Å². The Morgan fingerprint density at radius 3 is 2.32 bits per heavy atom. The second-order valence-electron chi connectivity index (χ2n) is 6.35. The van der Waals surface area contributed by atoms with E-state index >= 15 is 0 Å². The molecule has 0 aliphatic carbocycles. The fourth-order valence-electron chi connectivity index (χ4n) is 3.10. The molecule has 0 atom stereocenters. The zero-order chi connectivity index (χ0) is 19.7. The Hall–Kier alpha value is -3.61. The Bertz CT molecular complexity index is 1280. The van der Waals surface area contributed by atoms with E-state index in [1.807, 2.05) is 0 Å². The standard InChI is InChI=1S/C21H15F2N3O2/c22-16-9-7-14(8-10-16)12-26-20(27)19-18(6-3-11-24-19)25(21(26)28)13-15-4-1-2-5-17(15)23/h1-11H,12-13H2. The van der Waals surface area contributed by atoms with Crippen molar-refractivity contribution in [2.75, 3.05) is 0 Å². The lowest BCUT2D eigenvalue weighted by molar-refractivity contribution is 0.583. The highest BCUT2D eigenvalue weighted by atomic mass is 19.1. The van der Waals surface area contributed by atoms with Crippen molar-refractivity contribution in [2.45, 2.75) is 13.1 Å². The summed E-state index contributed by atoms with van der Waals surface area (Å²) >= 11 is 0. The van der Waals surface area contributed by atoms with Gasteiger partial charge in [0.1, 0.15) is 11.6 Å². The first-order valence-electron chi connectivity index (χ1n) is 8.61. The molecule has 0 spiro atoms. The molecule has 0 fully saturated rings. The monoisotopic (exact) mass is 379 g/mol. The van der Waals surface area contributed by atoms with Crippen LogP contribution in [0.4, 0.5) is 8.78 Å². The summed E-state index contributed by atoms with van der Waals surface area (Å²) in [7, 11) is 0. The van der Waals surface area contributed by atoms with Crippen molar-refractivity contribution in [3.8, 4) is 0 Å². The number of pyridine rings is 1. The summed E-state index contributed by atoms with van der Waals surface area (Å²) < 4.78 is 29.6. The first-order chi connectivity index (χ1) is 13.5. The fraction of sp³-hybridized carbons (Fsp3) is 0.0952. The van der Waals surface area contributed by atoms with E-state index in [0.717, 1.165) is 4.57 Å². The summed E-state index contributed by atoms with van der Waals surface area (Å²) in [6, 6.07) is 14.9. The quantitative estimate of drug-likeness (QED) is 0.548. The molecule has 4 rings (SSSR count). The lowest BCUT2D eigenvalue weighted by Gasteiger charge is -2.14. The third-order valence-corrected chi connectivity index (χ3v) is 4.53. The number of fused-ring (bicyclic) bond motifs is 1. The van der Waals surface area contributed by atoms with Crippen LogP contribution in [0.2, 0.25) is 0 Å². The number of rotatable bonds is 4. The zero-order valence-corrected chi connectivity index (χ0v) is 14.7. The molecule has 5 nitrogen and oxygen atoms in total.